The molecular weight excluding hydrogens is 380 g/mol. The number of thioether (sulfide) groups is 1. The van der Waals surface area contributed by atoms with Crippen molar-refractivity contribution in [3.63, 3.8) is 0 Å². The molecule has 2 aromatic rings. The number of hydrogen-bond donors (Lipinski definition) is 0. The van der Waals surface area contributed by atoms with Crippen LogP contribution in [0.1, 0.15) is 67.4 Å². The smallest absolute Gasteiger partial charge is 0.159 e. The van der Waals surface area contributed by atoms with Gasteiger partial charge in [-0.1, -0.05) is 43.3 Å². The molecule has 1 fully saturated rings. The summed E-state index contributed by atoms with van der Waals surface area (Å²) in [5.74, 6) is 2.18. The van der Waals surface area contributed by atoms with Crippen molar-refractivity contribution in [1.29, 1.82) is 0 Å². The topological polar surface area (TPSA) is 35.5 Å². The number of Topliss-reactive ketones (excluding diaryl/α,β-unsaturated/α-hetero) is 1. The van der Waals surface area contributed by atoms with Gasteiger partial charge in [0.15, 0.2) is 5.78 Å². The van der Waals surface area contributed by atoms with Crippen molar-refractivity contribution < 1.29 is 14.3 Å². The Morgan fingerprint density at radius 3 is 2.28 bits per heavy atom. The van der Waals surface area contributed by atoms with Gasteiger partial charge in [0.1, 0.15) is 11.2 Å². The number of ketones is 1. The molecule has 0 spiro atoms. The van der Waals surface area contributed by atoms with E-state index in [1.807, 2.05) is 36.0 Å². The van der Waals surface area contributed by atoms with Crippen LogP contribution in [0.25, 0.3) is 0 Å². The molecule has 2 aromatic carbocycles. The second-order valence-corrected chi connectivity index (χ2v) is 9.23. The van der Waals surface area contributed by atoms with E-state index < -0.39 is 0 Å². The SMILES string of the molecule is COc1ccc(C(C)(CCCOC2CCCCS2)c2ccc(C(C)=O)cc2)cc1. The van der Waals surface area contributed by atoms with Crippen LogP contribution in [0.3, 0.4) is 0 Å². The van der Waals surface area contributed by atoms with Crippen molar-refractivity contribution in [1.82, 2.24) is 0 Å². The van der Waals surface area contributed by atoms with Crippen LogP contribution in [0.2, 0.25) is 0 Å². The van der Waals surface area contributed by atoms with Crippen LogP contribution in [0, 0.1) is 0 Å². The fourth-order valence-corrected chi connectivity index (χ4v) is 5.13. The van der Waals surface area contributed by atoms with E-state index in [0.717, 1.165) is 30.8 Å². The number of carbonyl (C=O) groups excluding carboxylic acids is 1. The Morgan fingerprint density at radius 1 is 1.07 bits per heavy atom. The molecule has 1 saturated heterocycles. The van der Waals surface area contributed by atoms with E-state index in [2.05, 4.69) is 31.2 Å². The standard InChI is InChI=1S/C25H32O3S/c1-19(26)20-8-10-21(11-9-20)25(2,22-12-14-23(27-3)15-13-22)16-6-17-28-24-7-4-5-18-29-24/h8-15,24H,4-7,16-18H2,1-3H3. The van der Waals surface area contributed by atoms with E-state index in [4.69, 9.17) is 9.47 Å². The zero-order chi connectivity index (χ0) is 20.7. The molecule has 29 heavy (non-hydrogen) atoms. The molecule has 3 nitrogen and oxygen atoms in total. The minimum Gasteiger partial charge on any atom is -0.497 e. The van der Waals surface area contributed by atoms with Crippen LogP contribution < -0.4 is 4.74 Å². The quantitative estimate of drug-likeness (QED) is 0.360. The molecule has 3 rings (SSSR count). The molecule has 1 aliphatic heterocycles. The van der Waals surface area contributed by atoms with Gasteiger partial charge in [-0.3, -0.25) is 4.79 Å². The normalized spacial score (nSPS) is 18.8. The number of ether oxygens (including phenoxy) is 2. The second-order valence-electron chi connectivity index (χ2n) is 7.96. The molecule has 0 amide bonds. The van der Waals surface area contributed by atoms with Crippen molar-refractivity contribution in [2.24, 2.45) is 0 Å². The van der Waals surface area contributed by atoms with E-state index in [-0.39, 0.29) is 11.2 Å². The molecule has 0 saturated carbocycles. The van der Waals surface area contributed by atoms with Crippen LogP contribution in [0.15, 0.2) is 48.5 Å². The lowest BCUT2D eigenvalue weighted by atomic mass is 9.73. The molecule has 156 valence electrons. The number of rotatable bonds is 9. The first kappa shape index (κ1) is 21.9. The summed E-state index contributed by atoms with van der Waals surface area (Å²) in [6.07, 6.45) is 5.75. The van der Waals surface area contributed by atoms with Crippen molar-refractivity contribution in [3.05, 3.63) is 65.2 Å². The molecule has 4 heteroatoms. The second kappa shape index (κ2) is 10.3. The molecule has 0 radical (unpaired) electrons. The summed E-state index contributed by atoms with van der Waals surface area (Å²) in [6.45, 7) is 4.68. The zero-order valence-electron chi connectivity index (χ0n) is 17.8. The Kier molecular flexibility index (Phi) is 7.79. The molecule has 1 heterocycles. The lowest BCUT2D eigenvalue weighted by Crippen LogP contribution is -2.25. The molecule has 0 N–H and O–H groups in total. The fourth-order valence-electron chi connectivity index (χ4n) is 3.97. The maximum atomic E-state index is 11.7. The maximum Gasteiger partial charge on any atom is 0.159 e. The third-order valence-electron chi connectivity index (χ3n) is 5.92. The van der Waals surface area contributed by atoms with Gasteiger partial charge < -0.3 is 9.47 Å². The van der Waals surface area contributed by atoms with Crippen molar-refractivity contribution in [2.45, 2.75) is 56.8 Å². The summed E-state index contributed by atoms with van der Waals surface area (Å²) in [7, 11) is 1.69. The van der Waals surface area contributed by atoms with Gasteiger partial charge in [-0.25, -0.2) is 0 Å². The molecule has 0 aliphatic carbocycles. The minimum absolute atomic E-state index is 0.0982. The van der Waals surface area contributed by atoms with E-state index >= 15 is 0 Å². The van der Waals surface area contributed by atoms with Gasteiger partial charge in [-0.15, -0.1) is 11.8 Å². The van der Waals surface area contributed by atoms with Crippen LogP contribution in [-0.2, 0) is 10.2 Å². The predicted molar refractivity (Wildman–Crippen MR) is 121 cm³/mol. The third kappa shape index (κ3) is 5.64. The van der Waals surface area contributed by atoms with Crippen LogP contribution in [-0.4, -0.2) is 30.7 Å². The van der Waals surface area contributed by atoms with Crippen LogP contribution in [0.5, 0.6) is 5.75 Å². The molecule has 2 unspecified atom stereocenters. The molecule has 2 atom stereocenters. The first-order chi connectivity index (χ1) is 14.0. The Balaban J connectivity index is 1.75. The van der Waals surface area contributed by atoms with Gasteiger partial charge in [0, 0.05) is 17.6 Å². The third-order valence-corrected chi connectivity index (χ3v) is 7.19. The van der Waals surface area contributed by atoms with Gasteiger partial charge >= 0.3 is 0 Å². The van der Waals surface area contributed by atoms with Gasteiger partial charge in [-0.2, -0.15) is 0 Å². The van der Waals surface area contributed by atoms with Gasteiger partial charge in [0.2, 0.25) is 0 Å². The lowest BCUT2D eigenvalue weighted by Gasteiger charge is -2.32. The van der Waals surface area contributed by atoms with Gasteiger partial charge in [0.25, 0.3) is 0 Å². The highest BCUT2D eigenvalue weighted by Crippen LogP contribution is 2.37. The van der Waals surface area contributed by atoms with Crippen molar-refractivity contribution in [2.75, 3.05) is 19.5 Å². The van der Waals surface area contributed by atoms with E-state index in [0.29, 0.717) is 5.44 Å². The van der Waals surface area contributed by atoms with E-state index in [9.17, 15) is 4.79 Å². The Bertz CT molecular complexity index is 779. The maximum absolute atomic E-state index is 11.7. The first-order valence-corrected chi connectivity index (χ1v) is 11.6. The van der Waals surface area contributed by atoms with Crippen LogP contribution in [0.4, 0.5) is 0 Å². The monoisotopic (exact) mass is 412 g/mol. The number of carbonyl (C=O) groups is 1. The highest BCUT2D eigenvalue weighted by Gasteiger charge is 2.29. The molecular formula is C25H32O3S. The van der Waals surface area contributed by atoms with Crippen molar-refractivity contribution >= 4 is 17.5 Å². The molecule has 0 aromatic heterocycles. The predicted octanol–water partition coefficient (Wildman–Crippen LogP) is 6.24. The summed E-state index contributed by atoms with van der Waals surface area (Å²) in [6, 6.07) is 16.4. The van der Waals surface area contributed by atoms with Gasteiger partial charge in [-0.05, 0) is 68.0 Å². The average molecular weight is 413 g/mol. The highest BCUT2D eigenvalue weighted by atomic mass is 32.2. The number of benzene rings is 2. The summed E-state index contributed by atoms with van der Waals surface area (Å²) in [5.41, 5.74) is 3.44. The highest BCUT2D eigenvalue weighted by molar-refractivity contribution is 7.99. The van der Waals surface area contributed by atoms with E-state index in [1.165, 1.54) is 36.1 Å². The minimum atomic E-state index is -0.148. The first-order valence-electron chi connectivity index (χ1n) is 10.5. The number of methoxy groups -OCH3 is 1. The van der Waals surface area contributed by atoms with E-state index in [1.54, 1.807) is 14.0 Å². The Morgan fingerprint density at radius 2 is 1.72 bits per heavy atom. The summed E-state index contributed by atoms with van der Waals surface area (Å²) in [5, 5.41) is 0. The summed E-state index contributed by atoms with van der Waals surface area (Å²) in [4.78, 5) is 11.7. The molecule has 0 bridgehead atoms. The molecule has 1 aliphatic rings. The van der Waals surface area contributed by atoms with Crippen molar-refractivity contribution in [3.8, 4) is 5.75 Å². The van der Waals surface area contributed by atoms with Gasteiger partial charge in [0.05, 0.1) is 7.11 Å². The fraction of sp³-hybridized carbons (Fsp3) is 0.480. The average Bonchev–Trinajstić information content (AvgIpc) is 2.77. The lowest BCUT2D eigenvalue weighted by molar-refractivity contribution is 0.0971. The summed E-state index contributed by atoms with van der Waals surface area (Å²) >= 11 is 1.95. The number of hydrogen-bond acceptors (Lipinski definition) is 4. The Hall–Kier alpha value is -1.78. The van der Waals surface area contributed by atoms with Crippen LogP contribution >= 0.6 is 11.8 Å². The summed E-state index contributed by atoms with van der Waals surface area (Å²) < 4.78 is 11.5. The Labute approximate surface area is 179 Å². The largest absolute Gasteiger partial charge is 0.497 e. The zero-order valence-corrected chi connectivity index (χ0v) is 18.6.